The maximum atomic E-state index is 5.97. The first kappa shape index (κ1) is 15.3. The molecule has 0 aromatic carbocycles. The Balaban J connectivity index is 1.91. The number of rotatable bonds is 6. The Morgan fingerprint density at radius 1 is 1.26 bits per heavy atom. The highest BCUT2D eigenvalue weighted by Gasteiger charge is 2.56. The van der Waals surface area contributed by atoms with Gasteiger partial charge in [-0.25, -0.2) is 0 Å². The van der Waals surface area contributed by atoms with Crippen LogP contribution in [-0.4, -0.2) is 49.8 Å². The van der Waals surface area contributed by atoms with E-state index < -0.39 is 0 Å². The van der Waals surface area contributed by atoms with Crippen molar-refractivity contribution < 1.29 is 4.74 Å². The molecule has 2 fully saturated rings. The van der Waals surface area contributed by atoms with E-state index in [-0.39, 0.29) is 5.54 Å². The van der Waals surface area contributed by atoms with Gasteiger partial charge in [-0.1, -0.05) is 12.8 Å². The van der Waals surface area contributed by atoms with Crippen LogP contribution in [0.15, 0.2) is 0 Å². The van der Waals surface area contributed by atoms with Gasteiger partial charge in [-0.2, -0.15) is 0 Å². The summed E-state index contributed by atoms with van der Waals surface area (Å²) in [4.78, 5) is 2.31. The lowest BCUT2D eigenvalue weighted by molar-refractivity contribution is -0.131. The molecule has 0 radical (unpaired) electrons. The van der Waals surface area contributed by atoms with Gasteiger partial charge in [0, 0.05) is 30.1 Å². The lowest BCUT2D eigenvalue weighted by atomic mass is 9.60. The fourth-order valence-electron chi connectivity index (χ4n) is 3.70. The molecule has 2 aliphatic carbocycles. The molecule has 0 aromatic rings. The Kier molecular flexibility index (Phi) is 4.59. The third-order valence-electron chi connectivity index (χ3n) is 5.68. The molecular formula is C16H32N2O. The topological polar surface area (TPSA) is 24.5 Å². The fourth-order valence-corrected chi connectivity index (χ4v) is 3.70. The van der Waals surface area contributed by atoms with Gasteiger partial charge in [-0.15, -0.1) is 0 Å². The maximum Gasteiger partial charge on any atom is 0.0661 e. The summed E-state index contributed by atoms with van der Waals surface area (Å²) in [5.74, 6) is 0. The van der Waals surface area contributed by atoms with Crippen molar-refractivity contribution in [2.75, 3.05) is 27.2 Å². The first-order valence-corrected chi connectivity index (χ1v) is 7.95. The zero-order chi connectivity index (χ0) is 14.1. The van der Waals surface area contributed by atoms with Crippen LogP contribution in [0, 0.1) is 5.41 Å². The molecule has 2 rings (SSSR count). The second kappa shape index (κ2) is 5.71. The largest absolute Gasteiger partial charge is 0.378 e. The van der Waals surface area contributed by atoms with Crippen molar-refractivity contribution in [2.24, 2.45) is 5.41 Å². The van der Waals surface area contributed by atoms with Crippen LogP contribution in [0.4, 0.5) is 0 Å². The van der Waals surface area contributed by atoms with E-state index in [1.807, 2.05) is 0 Å². The number of hydrogen-bond acceptors (Lipinski definition) is 3. The van der Waals surface area contributed by atoms with Gasteiger partial charge < -0.3 is 15.0 Å². The van der Waals surface area contributed by atoms with Crippen molar-refractivity contribution in [3.05, 3.63) is 0 Å². The molecule has 0 aliphatic heterocycles. The summed E-state index contributed by atoms with van der Waals surface area (Å²) in [6.07, 6.45) is 7.21. The van der Waals surface area contributed by atoms with E-state index in [1.54, 1.807) is 0 Å². The molecule has 3 heteroatoms. The van der Waals surface area contributed by atoms with Crippen molar-refractivity contribution in [2.45, 2.75) is 70.6 Å². The molecule has 0 bridgehead atoms. The summed E-state index contributed by atoms with van der Waals surface area (Å²) >= 11 is 0. The molecule has 0 aromatic heterocycles. The van der Waals surface area contributed by atoms with Crippen molar-refractivity contribution >= 4 is 0 Å². The summed E-state index contributed by atoms with van der Waals surface area (Å²) in [5, 5.41) is 3.84. The average Bonchev–Trinajstić information content (AvgIpc) is 2.84. The molecule has 2 aliphatic rings. The molecule has 19 heavy (non-hydrogen) atoms. The Morgan fingerprint density at radius 3 is 2.42 bits per heavy atom. The Hall–Kier alpha value is -0.120. The third-order valence-corrected chi connectivity index (χ3v) is 5.68. The molecule has 2 atom stereocenters. The lowest BCUT2D eigenvalue weighted by Gasteiger charge is -2.55. The zero-order valence-corrected chi connectivity index (χ0v) is 13.5. The summed E-state index contributed by atoms with van der Waals surface area (Å²) in [5.41, 5.74) is 0.675. The SMILES string of the molecule is CCOC1CC(NCC(C)(C)N(C)C)C12CCCC2. The lowest BCUT2D eigenvalue weighted by Crippen LogP contribution is -2.64. The Morgan fingerprint density at radius 2 is 1.89 bits per heavy atom. The van der Waals surface area contributed by atoms with Gasteiger partial charge in [-0.3, -0.25) is 0 Å². The van der Waals surface area contributed by atoms with E-state index in [1.165, 1.54) is 32.1 Å². The first-order valence-electron chi connectivity index (χ1n) is 7.95. The Labute approximate surface area is 119 Å². The highest BCUT2D eigenvalue weighted by Crippen LogP contribution is 2.54. The number of likely N-dealkylation sites (N-methyl/N-ethyl adjacent to an activating group) is 1. The summed E-state index contributed by atoms with van der Waals surface area (Å²) < 4.78 is 5.97. The molecule has 3 nitrogen and oxygen atoms in total. The number of nitrogens with zero attached hydrogens (tertiary/aromatic N) is 1. The van der Waals surface area contributed by atoms with Crippen molar-refractivity contribution in [1.29, 1.82) is 0 Å². The normalized spacial score (nSPS) is 30.0. The van der Waals surface area contributed by atoms with Crippen molar-refractivity contribution in [1.82, 2.24) is 10.2 Å². The van der Waals surface area contributed by atoms with Gasteiger partial charge >= 0.3 is 0 Å². The second-order valence-electron chi connectivity index (χ2n) is 7.26. The van der Waals surface area contributed by atoms with Gasteiger partial charge in [0.2, 0.25) is 0 Å². The Bertz CT molecular complexity index is 295. The van der Waals surface area contributed by atoms with E-state index >= 15 is 0 Å². The number of hydrogen-bond donors (Lipinski definition) is 1. The van der Waals surface area contributed by atoms with E-state index in [9.17, 15) is 0 Å². The highest BCUT2D eigenvalue weighted by molar-refractivity contribution is 5.10. The van der Waals surface area contributed by atoms with Crippen LogP contribution in [0.1, 0.15) is 52.9 Å². The molecule has 112 valence electrons. The predicted octanol–water partition coefficient (Wildman–Crippen LogP) is 2.65. The van der Waals surface area contributed by atoms with Gasteiger partial charge in [0.25, 0.3) is 0 Å². The number of ether oxygens (including phenoxy) is 1. The molecular weight excluding hydrogens is 236 g/mol. The average molecular weight is 268 g/mol. The molecule has 0 saturated heterocycles. The molecule has 1 N–H and O–H groups in total. The molecule has 0 amide bonds. The van der Waals surface area contributed by atoms with E-state index in [0.717, 1.165) is 13.2 Å². The van der Waals surface area contributed by atoms with E-state index in [4.69, 9.17) is 4.74 Å². The molecule has 2 unspecified atom stereocenters. The van der Waals surface area contributed by atoms with E-state index in [0.29, 0.717) is 17.6 Å². The van der Waals surface area contributed by atoms with Gasteiger partial charge in [-0.05, 0) is 54.1 Å². The van der Waals surface area contributed by atoms with Crippen LogP contribution in [-0.2, 0) is 4.74 Å². The van der Waals surface area contributed by atoms with Crippen LogP contribution in [0.2, 0.25) is 0 Å². The van der Waals surface area contributed by atoms with Gasteiger partial charge in [0.05, 0.1) is 6.10 Å². The van der Waals surface area contributed by atoms with Crippen LogP contribution in [0.25, 0.3) is 0 Å². The summed E-state index contributed by atoms with van der Waals surface area (Å²) in [7, 11) is 4.33. The minimum atomic E-state index is 0.219. The highest BCUT2D eigenvalue weighted by atomic mass is 16.5. The predicted molar refractivity (Wildman–Crippen MR) is 80.5 cm³/mol. The molecule has 2 saturated carbocycles. The zero-order valence-electron chi connectivity index (χ0n) is 13.5. The second-order valence-corrected chi connectivity index (χ2v) is 7.26. The van der Waals surface area contributed by atoms with Crippen LogP contribution < -0.4 is 5.32 Å². The van der Waals surface area contributed by atoms with Crippen LogP contribution in [0.5, 0.6) is 0 Å². The smallest absolute Gasteiger partial charge is 0.0661 e. The third kappa shape index (κ3) is 2.84. The van der Waals surface area contributed by atoms with Gasteiger partial charge in [0.1, 0.15) is 0 Å². The van der Waals surface area contributed by atoms with Crippen molar-refractivity contribution in [3.8, 4) is 0 Å². The van der Waals surface area contributed by atoms with Crippen LogP contribution >= 0.6 is 0 Å². The first-order chi connectivity index (χ1) is 8.92. The molecule has 1 spiro atoms. The maximum absolute atomic E-state index is 5.97. The minimum Gasteiger partial charge on any atom is -0.378 e. The fraction of sp³-hybridized carbons (Fsp3) is 1.00. The quantitative estimate of drug-likeness (QED) is 0.801. The summed E-state index contributed by atoms with van der Waals surface area (Å²) in [6, 6.07) is 0.672. The van der Waals surface area contributed by atoms with E-state index in [2.05, 4.69) is 45.1 Å². The molecule has 0 heterocycles. The summed E-state index contributed by atoms with van der Waals surface area (Å²) in [6.45, 7) is 8.66. The minimum absolute atomic E-state index is 0.219. The van der Waals surface area contributed by atoms with Gasteiger partial charge in [0.15, 0.2) is 0 Å². The number of nitrogens with one attached hydrogen (secondary N) is 1. The van der Waals surface area contributed by atoms with Crippen LogP contribution in [0.3, 0.4) is 0 Å². The monoisotopic (exact) mass is 268 g/mol. The van der Waals surface area contributed by atoms with Crippen molar-refractivity contribution in [3.63, 3.8) is 0 Å². The standard InChI is InChI=1S/C16H32N2O/c1-6-19-14-11-13(16(14)9-7-8-10-16)17-12-15(2,3)18(4)5/h13-14,17H,6-12H2,1-5H3.